The smallest absolute Gasteiger partial charge is 0.270 e. The van der Waals surface area contributed by atoms with E-state index in [-0.39, 0.29) is 4.90 Å². The summed E-state index contributed by atoms with van der Waals surface area (Å²) in [6.45, 7) is 7.43. The third kappa shape index (κ3) is 4.52. The third-order valence-corrected chi connectivity index (χ3v) is 5.98. The topological polar surface area (TPSA) is 54.5 Å². The molecule has 0 aliphatic rings. The highest BCUT2D eigenvalue weighted by Crippen LogP contribution is 2.26. The summed E-state index contributed by atoms with van der Waals surface area (Å²) in [6.07, 6.45) is 3.12. The van der Waals surface area contributed by atoms with Gasteiger partial charge in [0, 0.05) is 5.92 Å². The molecular formula is C21H27NO3S. The highest BCUT2D eigenvalue weighted by Gasteiger charge is 2.32. The normalized spacial score (nSPS) is 11.6. The van der Waals surface area contributed by atoms with Crippen LogP contribution >= 0.6 is 0 Å². The van der Waals surface area contributed by atoms with Gasteiger partial charge in [0.1, 0.15) is 0 Å². The van der Waals surface area contributed by atoms with E-state index < -0.39 is 21.8 Å². The largest absolute Gasteiger partial charge is 0.273 e. The molecule has 0 aliphatic heterocycles. The molecule has 0 saturated heterocycles. The summed E-state index contributed by atoms with van der Waals surface area (Å²) in [5, 5.41) is 0. The highest BCUT2D eigenvalue weighted by molar-refractivity contribution is 7.93. The first-order valence-electron chi connectivity index (χ1n) is 9.02. The Kier molecular flexibility index (Phi) is 6.59. The molecule has 0 saturated carbocycles. The molecule has 0 N–H and O–H groups in total. The number of anilines is 1. The molecule has 0 aromatic heterocycles. The van der Waals surface area contributed by atoms with E-state index in [4.69, 9.17) is 0 Å². The quantitative estimate of drug-likeness (QED) is 0.706. The van der Waals surface area contributed by atoms with E-state index in [1.54, 1.807) is 50.2 Å². The predicted octanol–water partition coefficient (Wildman–Crippen LogP) is 4.72. The van der Waals surface area contributed by atoms with Crippen LogP contribution in [0, 0.1) is 12.8 Å². The van der Waals surface area contributed by atoms with Gasteiger partial charge in [0.2, 0.25) is 5.91 Å². The van der Waals surface area contributed by atoms with E-state index in [2.05, 4.69) is 6.92 Å². The fourth-order valence-electron chi connectivity index (χ4n) is 2.61. The third-order valence-electron chi connectivity index (χ3n) is 4.24. The maximum atomic E-state index is 13.2. The van der Waals surface area contributed by atoms with Crippen molar-refractivity contribution >= 4 is 21.6 Å². The van der Waals surface area contributed by atoms with Gasteiger partial charge in [-0.05, 0) is 49.6 Å². The Labute approximate surface area is 156 Å². The van der Waals surface area contributed by atoms with Crippen molar-refractivity contribution < 1.29 is 13.2 Å². The van der Waals surface area contributed by atoms with E-state index >= 15 is 0 Å². The maximum Gasteiger partial charge on any atom is 0.270 e. The number of hydrogen-bond acceptors (Lipinski definition) is 3. The van der Waals surface area contributed by atoms with Crippen LogP contribution < -0.4 is 4.31 Å². The average Bonchev–Trinajstić information content (AvgIpc) is 2.61. The second-order valence-electron chi connectivity index (χ2n) is 6.85. The van der Waals surface area contributed by atoms with Crippen LogP contribution in [0.25, 0.3) is 0 Å². The first-order valence-corrected chi connectivity index (χ1v) is 10.5. The lowest BCUT2D eigenvalue weighted by atomic mass is 10.1. The molecule has 0 bridgehead atoms. The molecule has 0 spiro atoms. The number of benzene rings is 2. The number of rotatable bonds is 7. The van der Waals surface area contributed by atoms with Crippen LogP contribution in [0.3, 0.4) is 0 Å². The van der Waals surface area contributed by atoms with Gasteiger partial charge >= 0.3 is 0 Å². The van der Waals surface area contributed by atoms with E-state index in [1.165, 1.54) is 0 Å². The maximum absolute atomic E-state index is 13.2. The minimum Gasteiger partial charge on any atom is -0.273 e. The zero-order valence-electron chi connectivity index (χ0n) is 15.9. The van der Waals surface area contributed by atoms with Crippen molar-refractivity contribution in [1.82, 2.24) is 0 Å². The van der Waals surface area contributed by atoms with Crippen molar-refractivity contribution in [3.63, 3.8) is 0 Å². The second-order valence-corrected chi connectivity index (χ2v) is 8.63. The van der Waals surface area contributed by atoms with Crippen molar-refractivity contribution in [1.29, 1.82) is 0 Å². The Bertz CT molecular complexity index is 838. The summed E-state index contributed by atoms with van der Waals surface area (Å²) in [5.41, 5.74) is 2.48. The van der Waals surface area contributed by atoms with E-state index in [0.717, 1.165) is 34.7 Å². The van der Waals surface area contributed by atoms with Crippen molar-refractivity contribution in [2.24, 2.45) is 5.92 Å². The van der Waals surface area contributed by atoms with Gasteiger partial charge in [0.15, 0.2) is 0 Å². The molecule has 0 radical (unpaired) electrons. The van der Waals surface area contributed by atoms with Crippen LogP contribution in [0.15, 0.2) is 53.4 Å². The lowest BCUT2D eigenvalue weighted by Crippen LogP contribution is -2.39. The number of unbranched alkanes of at least 4 members (excludes halogenated alkanes) is 1. The summed E-state index contributed by atoms with van der Waals surface area (Å²) < 4.78 is 27.2. The van der Waals surface area contributed by atoms with Crippen molar-refractivity contribution in [3.8, 4) is 0 Å². The molecule has 1 amide bonds. The molecule has 2 aromatic carbocycles. The highest BCUT2D eigenvalue weighted by atomic mass is 32.2. The zero-order valence-corrected chi connectivity index (χ0v) is 16.7. The van der Waals surface area contributed by atoms with Crippen LogP contribution in [0.1, 0.15) is 44.7 Å². The van der Waals surface area contributed by atoms with Gasteiger partial charge in [-0.15, -0.1) is 0 Å². The zero-order chi connectivity index (χ0) is 19.3. The number of amides is 1. The molecule has 5 heteroatoms. The fourth-order valence-corrected chi connectivity index (χ4v) is 4.15. The van der Waals surface area contributed by atoms with E-state index in [0.29, 0.717) is 5.69 Å². The summed E-state index contributed by atoms with van der Waals surface area (Å²) in [4.78, 5) is 12.9. The number of sulfonamides is 1. The number of hydrogen-bond donors (Lipinski definition) is 0. The lowest BCUT2D eigenvalue weighted by Gasteiger charge is -2.24. The fraction of sp³-hybridized carbons (Fsp3) is 0.381. The van der Waals surface area contributed by atoms with Gasteiger partial charge in [-0.1, -0.05) is 57.0 Å². The Morgan fingerprint density at radius 3 is 2.08 bits per heavy atom. The molecule has 0 aliphatic carbocycles. The Balaban J connectivity index is 2.46. The van der Waals surface area contributed by atoms with Gasteiger partial charge in [-0.25, -0.2) is 12.7 Å². The van der Waals surface area contributed by atoms with Crippen LogP contribution in [-0.2, 0) is 21.2 Å². The molecule has 2 aromatic rings. The summed E-state index contributed by atoms with van der Waals surface area (Å²) >= 11 is 0. The molecule has 0 unspecified atom stereocenters. The van der Waals surface area contributed by atoms with Crippen molar-refractivity contribution in [2.75, 3.05) is 4.31 Å². The van der Waals surface area contributed by atoms with E-state index in [9.17, 15) is 13.2 Å². The number of carbonyl (C=O) groups is 1. The molecular weight excluding hydrogens is 346 g/mol. The van der Waals surface area contributed by atoms with Gasteiger partial charge in [-0.2, -0.15) is 0 Å². The molecule has 0 fully saturated rings. The minimum atomic E-state index is -3.96. The molecule has 0 atom stereocenters. The van der Waals surface area contributed by atoms with Crippen molar-refractivity contribution in [3.05, 3.63) is 59.7 Å². The number of nitrogens with zero attached hydrogens (tertiary/aromatic N) is 1. The van der Waals surface area contributed by atoms with Crippen LogP contribution in [-0.4, -0.2) is 14.3 Å². The first-order chi connectivity index (χ1) is 12.3. The SMILES string of the molecule is CCCCc1ccc(N(C(=O)C(C)C)S(=O)(=O)c2ccc(C)cc2)cc1. The van der Waals surface area contributed by atoms with Crippen LogP contribution in [0.4, 0.5) is 5.69 Å². The average molecular weight is 374 g/mol. The summed E-state index contributed by atoms with van der Waals surface area (Å²) in [5.74, 6) is -0.873. The van der Waals surface area contributed by atoms with Gasteiger partial charge < -0.3 is 0 Å². The summed E-state index contributed by atoms with van der Waals surface area (Å²) in [6, 6.07) is 13.8. The lowest BCUT2D eigenvalue weighted by molar-refractivity contribution is -0.120. The molecule has 4 nitrogen and oxygen atoms in total. The molecule has 140 valence electrons. The Morgan fingerprint density at radius 2 is 1.58 bits per heavy atom. The second kappa shape index (κ2) is 8.49. The van der Waals surface area contributed by atoms with Gasteiger partial charge in [-0.3, -0.25) is 4.79 Å². The number of carbonyl (C=O) groups excluding carboxylic acids is 1. The van der Waals surface area contributed by atoms with Gasteiger partial charge in [0.25, 0.3) is 10.0 Å². The minimum absolute atomic E-state index is 0.118. The Morgan fingerprint density at radius 1 is 1.00 bits per heavy atom. The van der Waals surface area contributed by atoms with E-state index in [1.807, 2.05) is 19.1 Å². The monoisotopic (exact) mass is 373 g/mol. The van der Waals surface area contributed by atoms with Gasteiger partial charge in [0.05, 0.1) is 10.6 Å². The molecule has 0 heterocycles. The van der Waals surface area contributed by atoms with Crippen LogP contribution in [0.2, 0.25) is 0 Å². The molecule has 26 heavy (non-hydrogen) atoms. The summed E-state index contributed by atoms with van der Waals surface area (Å²) in [7, 11) is -3.96. The first kappa shape index (κ1) is 20.2. The van der Waals surface area contributed by atoms with Crippen molar-refractivity contribution in [2.45, 2.75) is 51.9 Å². The standard InChI is InChI=1S/C21H27NO3S/c1-5-6-7-18-10-12-19(13-11-18)22(21(23)16(2)3)26(24,25)20-14-8-17(4)9-15-20/h8-16H,5-7H2,1-4H3. The van der Waals surface area contributed by atoms with Crippen LogP contribution in [0.5, 0.6) is 0 Å². The number of aryl methyl sites for hydroxylation is 2. The Hall–Kier alpha value is -2.14. The molecule has 2 rings (SSSR count). The predicted molar refractivity (Wildman–Crippen MR) is 106 cm³/mol.